The minimum atomic E-state index is 0.0901. The van der Waals surface area contributed by atoms with Crippen LogP contribution in [0.2, 0.25) is 0 Å². The highest BCUT2D eigenvalue weighted by molar-refractivity contribution is 8.14. The van der Waals surface area contributed by atoms with Crippen LogP contribution in [0.3, 0.4) is 0 Å². The molecule has 1 amide bonds. The topological polar surface area (TPSA) is 53.9 Å². The van der Waals surface area contributed by atoms with Crippen molar-refractivity contribution in [3.63, 3.8) is 0 Å². The maximum atomic E-state index is 12.5. The molecule has 2 heterocycles. The number of hydrogen-bond donors (Lipinski definition) is 1. The summed E-state index contributed by atoms with van der Waals surface area (Å²) in [5.74, 6) is 0.511. The third kappa shape index (κ3) is 3.37. The van der Waals surface area contributed by atoms with Gasteiger partial charge >= 0.3 is 0 Å². The minimum Gasteiger partial charge on any atom is -0.372 e. The van der Waals surface area contributed by atoms with Gasteiger partial charge in [0.2, 0.25) is 5.91 Å². The van der Waals surface area contributed by atoms with Gasteiger partial charge in [-0.15, -0.1) is 0 Å². The zero-order valence-corrected chi connectivity index (χ0v) is 15.2. The number of thioether (sulfide) groups is 1. The first-order chi connectivity index (χ1) is 12.1. The average Bonchev–Trinajstić information content (AvgIpc) is 2.59. The van der Waals surface area contributed by atoms with E-state index in [2.05, 4.69) is 22.4 Å². The van der Waals surface area contributed by atoms with E-state index in [1.165, 1.54) is 17.1 Å². The molecule has 2 aromatic carbocycles. The molecule has 4 rings (SSSR count). The fourth-order valence-electron chi connectivity index (χ4n) is 3.44. The molecule has 2 aliphatic rings. The molecule has 1 saturated heterocycles. The van der Waals surface area contributed by atoms with Crippen LogP contribution in [-0.2, 0) is 9.53 Å². The third-order valence-corrected chi connectivity index (χ3v) is 5.31. The van der Waals surface area contributed by atoms with E-state index in [0.717, 1.165) is 21.9 Å². The van der Waals surface area contributed by atoms with Crippen molar-refractivity contribution in [1.82, 2.24) is 4.90 Å². The second kappa shape index (κ2) is 6.69. The van der Waals surface area contributed by atoms with Crippen LogP contribution in [0, 0.1) is 0 Å². The predicted molar refractivity (Wildman–Crippen MR) is 104 cm³/mol. The summed E-state index contributed by atoms with van der Waals surface area (Å²) in [6.45, 7) is 5.33. The number of benzene rings is 2. The zero-order valence-electron chi connectivity index (χ0n) is 14.4. The molecule has 0 radical (unpaired) electrons. The highest BCUT2D eigenvalue weighted by atomic mass is 32.2. The van der Waals surface area contributed by atoms with Crippen molar-refractivity contribution >= 4 is 45.0 Å². The number of nitrogens with zero attached hydrogens (tertiary/aromatic N) is 2. The van der Waals surface area contributed by atoms with Gasteiger partial charge in [-0.05, 0) is 31.4 Å². The van der Waals surface area contributed by atoms with Crippen LogP contribution in [0.15, 0.2) is 41.4 Å². The van der Waals surface area contributed by atoms with E-state index in [0.29, 0.717) is 18.8 Å². The summed E-state index contributed by atoms with van der Waals surface area (Å²) < 4.78 is 5.70. The summed E-state index contributed by atoms with van der Waals surface area (Å²) in [5, 5.41) is 6.43. The lowest BCUT2D eigenvalue weighted by Crippen LogP contribution is -2.48. The van der Waals surface area contributed by atoms with E-state index in [1.807, 2.05) is 43.0 Å². The molecule has 2 aliphatic heterocycles. The standard InChI is InChI=1S/C19H21N3O2S/c1-12-9-22(10-13(2)24-12)17(23)11-25-19-20-15-7-3-5-14-6-4-8-16(21-19)18(14)15/h3-8,12-13H,9-11H2,1-2H3,(H,20,21)/t12-,13-/m1/s1. The Morgan fingerprint density at radius 2 is 1.96 bits per heavy atom. The molecular weight excluding hydrogens is 334 g/mol. The van der Waals surface area contributed by atoms with E-state index in [1.54, 1.807) is 0 Å². The van der Waals surface area contributed by atoms with Crippen LogP contribution in [0.5, 0.6) is 0 Å². The Morgan fingerprint density at radius 1 is 1.24 bits per heavy atom. The van der Waals surface area contributed by atoms with Crippen molar-refractivity contribution in [1.29, 1.82) is 0 Å². The summed E-state index contributed by atoms with van der Waals surface area (Å²) in [5.41, 5.74) is 2.00. The lowest BCUT2D eigenvalue weighted by molar-refractivity contribution is -0.140. The normalized spacial score (nSPS) is 22.5. The van der Waals surface area contributed by atoms with E-state index in [4.69, 9.17) is 4.74 Å². The van der Waals surface area contributed by atoms with Crippen molar-refractivity contribution in [3.8, 4) is 0 Å². The first-order valence-electron chi connectivity index (χ1n) is 8.53. The van der Waals surface area contributed by atoms with Crippen molar-refractivity contribution in [2.75, 3.05) is 24.2 Å². The molecule has 0 unspecified atom stereocenters. The number of amides is 1. The second-order valence-corrected chi connectivity index (χ2v) is 7.53. The number of rotatable bonds is 2. The lowest BCUT2D eigenvalue weighted by Gasteiger charge is -2.35. The SMILES string of the molecule is C[C@@H]1CN(C(=O)CSC2=Nc3cccc4cccc(c34)N2)C[C@@H](C)O1. The number of morpholine rings is 1. The van der Waals surface area contributed by atoms with Gasteiger partial charge < -0.3 is 15.0 Å². The molecule has 2 atom stereocenters. The number of carbonyl (C=O) groups excluding carboxylic acids is 1. The van der Waals surface area contributed by atoms with Crippen molar-refractivity contribution in [2.45, 2.75) is 26.1 Å². The molecule has 6 heteroatoms. The van der Waals surface area contributed by atoms with Gasteiger partial charge in [0.25, 0.3) is 0 Å². The van der Waals surface area contributed by atoms with Gasteiger partial charge in [-0.3, -0.25) is 4.79 Å². The molecule has 0 aromatic heterocycles. The Kier molecular flexibility index (Phi) is 4.39. The molecule has 0 saturated carbocycles. The van der Waals surface area contributed by atoms with Crippen LogP contribution in [0.25, 0.3) is 10.8 Å². The predicted octanol–water partition coefficient (Wildman–Crippen LogP) is 3.62. The number of carbonyl (C=O) groups is 1. The van der Waals surface area contributed by atoms with E-state index in [9.17, 15) is 4.79 Å². The monoisotopic (exact) mass is 355 g/mol. The van der Waals surface area contributed by atoms with Gasteiger partial charge in [0.15, 0.2) is 5.17 Å². The number of nitrogens with one attached hydrogen (secondary N) is 1. The highest BCUT2D eigenvalue weighted by Gasteiger charge is 2.26. The van der Waals surface area contributed by atoms with Gasteiger partial charge in [-0.1, -0.05) is 36.0 Å². The second-order valence-electron chi connectivity index (χ2n) is 6.57. The number of anilines is 1. The summed E-state index contributed by atoms with van der Waals surface area (Å²) in [7, 11) is 0. The Hall–Kier alpha value is -2.05. The van der Waals surface area contributed by atoms with Crippen molar-refractivity contribution < 1.29 is 9.53 Å². The average molecular weight is 355 g/mol. The first kappa shape index (κ1) is 16.4. The van der Waals surface area contributed by atoms with E-state index < -0.39 is 0 Å². The van der Waals surface area contributed by atoms with E-state index >= 15 is 0 Å². The van der Waals surface area contributed by atoms with Gasteiger partial charge in [-0.2, -0.15) is 0 Å². The zero-order chi connectivity index (χ0) is 17.4. The third-order valence-electron chi connectivity index (χ3n) is 4.45. The molecule has 0 bridgehead atoms. The molecule has 5 nitrogen and oxygen atoms in total. The molecule has 2 aromatic rings. The Balaban J connectivity index is 1.46. The summed E-state index contributed by atoms with van der Waals surface area (Å²) >= 11 is 1.46. The Morgan fingerprint density at radius 3 is 2.72 bits per heavy atom. The Labute approximate surface area is 151 Å². The molecule has 1 fully saturated rings. The smallest absolute Gasteiger partial charge is 0.233 e. The van der Waals surface area contributed by atoms with Crippen LogP contribution in [-0.4, -0.2) is 47.0 Å². The molecule has 25 heavy (non-hydrogen) atoms. The quantitative estimate of drug-likeness (QED) is 0.894. The maximum absolute atomic E-state index is 12.5. The van der Waals surface area contributed by atoms with Crippen molar-refractivity contribution in [3.05, 3.63) is 36.4 Å². The first-order valence-corrected chi connectivity index (χ1v) is 9.52. The molecule has 1 N–H and O–H groups in total. The molecule has 0 aliphatic carbocycles. The largest absolute Gasteiger partial charge is 0.372 e. The summed E-state index contributed by atoms with van der Waals surface area (Å²) in [6, 6.07) is 12.3. The molecule has 130 valence electrons. The number of amidine groups is 1. The van der Waals surface area contributed by atoms with Gasteiger partial charge in [0.05, 0.1) is 29.3 Å². The van der Waals surface area contributed by atoms with E-state index in [-0.39, 0.29) is 18.1 Å². The fraction of sp³-hybridized carbons (Fsp3) is 0.368. The van der Waals surface area contributed by atoms with Gasteiger partial charge in [0.1, 0.15) is 0 Å². The number of aliphatic imine (C=N–C) groups is 1. The number of ether oxygens (including phenoxy) is 1. The molecular formula is C19H21N3O2S. The molecule has 0 spiro atoms. The van der Waals surface area contributed by atoms with Gasteiger partial charge in [-0.25, -0.2) is 4.99 Å². The van der Waals surface area contributed by atoms with Crippen molar-refractivity contribution in [2.24, 2.45) is 4.99 Å². The Bertz CT molecular complexity index is 836. The van der Waals surface area contributed by atoms with Crippen LogP contribution in [0.4, 0.5) is 11.4 Å². The number of hydrogen-bond acceptors (Lipinski definition) is 5. The summed E-state index contributed by atoms with van der Waals surface area (Å²) in [4.78, 5) is 19.1. The highest BCUT2D eigenvalue weighted by Crippen LogP contribution is 2.36. The van der Waals surface area contributed by atoms with Crippen LogP contribution >= 0.6 is 11.8 Å². The summed E-state index contributed by atoms with van der Waals surface area (Å²) in [6.07, 6.45) is 0.180. The fourth-order valence-corrected chi connectivity index (χ4v) is 4.23. The van der Waals surface area contributed by atoms with Gasteiger partial charge in [0, 0.05) is 18.5 Å². The maximum Gasteiger partial charge on any atom is 0.233 e. The van der Waals surface area contributed by atoms with Crippen LogP contribution in [0.1, 0.15) is 13.8 Å². The van der Waals surface area contributed by atoms with Crippen LogP contribution < -0.4 is 5.32 Å². The minimum absolute atomic E-state index is 0.0901. The lowest BCUT2D eigenvalue weighted by atomic mass is 10.1.